The van der Waals surface area contributed by atoms with Crippen molar-refractivity contribution < 1.29 is 8.76 Å². The monoisotopic (exact) mass is 276 g/mol. The van der Waals surface area contributed by atoms with E-state index in [0.29, 0.717) is 6.42 Å². The highest BCUT2D eigenvalue weighted by atomic mass is 79.9. The van der Waals surface area contributed by atoms with Crippen molar-refractivity contribution in [2.24, 2.45) is 0 Å². The molecule has 1 N–H and O–H groups in total. The van der Waals surface area contributed by atoms with Crippen LogP contribution >= 0.6 is 31.9 Å². The summed E-state index contributed by atoms with van der Waals surface area (Å²) in [5.41, 5.74) is 0. The number of hydrogen-bond donors (Lipinski definition) is 1. The van der Waals surface area contributed by atoms with Crippen molar-refractivity contribution >= 4 is 42.9 Å². The molecule has 1 aliphatic carbocycles. The number of halogens is 2. The van der Waals surface area contributed by atoms with Gasteiger partial charge in [-0.3, -0.25) is 0 Å². The van der Waals surface area contributed by atoms with Gasteiger partial charge in [-0.05, 0) is 13.3 Å². The molecule has 0 spiro atoms. The second-order valence-electron chi connectivity index (χ2n) is 2.36. The van der Waals surface area contributed by atoms with Crippen molar-refractivity contribution in [3.05, 3.63) is 0 Å². The van der Waals surface area contributed by atoms with Crippen LogP contribution in [0.2, 0.25) is 0 Å². The lowest BCUT2D eigenvalue weighted by atomic mass is 10.5. The molecule has 0 aromatic heterocycles. The molecule has 0 aromatic rings. The Morgan fingerprint density at radius 2 is 2.00 bits per heavy atom. The van der Waals surface area contributed by atoms with Crippen molar-refractivity contribution in [1.29, 1.82) is 0 Å². The molecule has 2 unspecified atom stereocenters. The lowest BCUT2D eigenvalue weighted by molar-refractivity contribution is 0.549. The molecule has 1 aliphatic rings. The molecule has 2 nitrogen and oxygen atoms in total. The number of rotatable bonds is 1. The molecule has 0 saturated heterocycles. The fraction of sp³-hybridized carbons (Fsp3) is 1.00. The predicted octanol–water partition coefficient (Wildman–Crippen LogP) is 1.86. The minimum atomic E-state index is -1.73. The van der Waals surface area contributed by atoms with Crippen molar-refractivity contribution in [3.8, 4) is 0 Å². The Kier molecular flexibility index (Phi) is 1.84. The Labute approximate surface area is 72.9 Å². The van der Waals surface area contributed by atoms with Crippen LogP contribution in [-0.2, 0) is 11.1 Å². The Balaban J connectivity index is 2.74. The van der Waals surface area contributed by atoms with Gasteiger partial charge >= 0.3 is 0 Å². The first-order chi connectivity index (χ1) is 3.90. The molecule has 0 aromatic carbocycles. The van der Waals surface area contributed by atoms with E-state index in [-0.39, 0.29) is 3.23 Å². The maximum absolute atomic E-state index is 10.6. The Bertz CT molecular complexity index is 170. The van der Waals surface area contributed by atoms with Gasteiger partial charge in [0.25, 0.3) is 0 Å². The van der Waals surface area contributed by atoms with Crippen LogP contribution in [0.5, 0.6) is 0 Å². The lowest BCUT2D eigenvalue weighted by Gasteiger charge is -2.04. The zero-order chi connectivity index (χ0) is 7.28. The smallest absolute Gasteiger partial charge is 0.161 e. The van der Waals surface area contributed by atoms with Crippen LogP contribution in [-0.4, -0.2) is 16.7 Å². The molecule has 1 rings (SSSR count). The van der Waals surface area contributed by atoms with E-state index in [0.717, 1.165) is 0 Å². The largest absolute Gasteiger partial charge is 0.306 e. The van der Waals surface area contributed by atoms with Gasteiger partial charge in [0.05, 0.1) is 4.75 Å². The molecule has 0 aliphatic heterocycles. The fourth-order valence-electron chi connectivity index (χ4n) is 0.569. The molecule has 54 valence electrons. The first kappa shape index (κ1) is 8.17. The molecule has 1 fully saturated rings. The molecule has 0 radical (unpaired) electrons. The Hall–Kier alpha value is 1.07. The standard InChI is InChI=1S/C4H6Br2O2S/c1-3(9(7)8)2-4(3,5)6/h2H2,1H3,(H,7,8). The topological polar surface area (TPSA) is 37.3 Å². The molecule has 1 saturated carbocycles. The molecule has 0 bridgehead atoms. The average molecular weight is 278 g/mol. The van der Waals surface area contributed by atoms with Crippen molar-refractivity contribution in [2.45, 2.75) is 21.3 Å². The zero-order valence-electron chi connectivity index (χ0n) is 4.73. The van der Waals surface area contributed by atoms with E-state index in [4.69, 9.17) is 4.55 Å². The maximum atomic E-state index is 10.6. The van der Waals surface area contributed by atoms with Crippen molar-refractivity contribution in [3.63, 3.8) is 0 Å². The van der Waals surface area contributed by atoms with Crippen LogP contribution in [0.15, 0.2) is 0 Å². The third-order valence-corrected chi connectivity index (χ3v) is 5.69. The first-order valence-corrected chi connectivity index (χ1v) is 5.08. The van der Waals surface area contributed by atoms with Gasteiger partial charge in [-0.1, -0.05) is 31.9 Å². The Morgan fingerprint density at radius 1 is 1.67 bits per heavy atom. The summed E-state index contributed by atoms with van der Waals surface area (Å²) in [6, 6.07) is 0. The van der Waals surface area contributed by atoms with Crippen LogP contribution in [0.25, 0.3) is 0 Å². The fourth-order valence-corrected chi connectivity index (χ4v) is 3.49. The second kappa shape index (κ2) is 2.03. The normalized spacial score (nSPS) is 42.2. The highest BCUT2D eigenvalue weighted by Gasteiger charge is 2.66. The number of hydrogen-bond acceptors (Lipinski definition) is 1. The van der Waals surface area contributed by atoms with Crippen molar-refractivity contribution in [2.75, 3.05) is 0 Å². The maximum Gasteiger partial charge on any atom is 0.161 e. The molecule has 0 amide bonds. The summed E-state index contributed by atoms with van der Waals surface area (Å²) in [5.74, 6) is 0. The van der Waals surface area contributed by atoms with Crippen LogP contribution in [0.1, 0.15) is 13.3 Å². The molecule has 5 heteroatoms. The van der Waals surface area contributed by atoms with E-state index in [1.54, 1.807) is 6.92 Å². The highest BCUT2D eigenvalue weighted by molar-refractivity contribution is 9.25. The van der Waals surface area contributed by atoms with Crippen LogP contribution < -0.4 is 0 Å². The quantitative estimate of drug-likeness (QED) is 0.587. The first-order valence-electron chi connectivity index (χ1n) is 2.39. The summed E-state index contributed by atoms with van der Waals surface area (Å²) in [6.07, 6.45) is 0.698. The number of alkyl halides is 2. The van der Waals surface area contributed by atoms with Gasteiger partial charge in [-0.15, -0.1) is 0 Å². The second-order valence-corrected chi connectivity index (χ2v) is 7.53. The predicted molar refractivity (Wildman–Crippen MR) is 44.4 cm³/mol. The van der Waals surface area contributed by atoms with Gasteiger partial charge in [-0.25, -0.2) is 4.21 Å². The summed E-state index contributed by atoms with van der Waals surface area (Å²) in [7, 11) is 0. The molecule has 0 heterocycles. The van der Waals surface area contributed by atoms with Gasteiger partial charge in [0.2, 0.25) is 0 Å². The lowest BCUT2D eigenvalue weighted by Crippen LogP contribution is -2.17. The summed E-state index contributed by atoms with van der Waals surface area (Å²) in [6.45, 7) is 1.76. The third kappa shape index (κ3) is 1.13. The minimum Gasteiger partial charge on any atom is -0.306 e. The van der Waals surface area contributed by atoms with E-state index < -0.39 is 15.8 Å². The summed E-state index contributed by atoms with van der Waals surface area (Å²) >= 11 is 4.81. The van der Waals surface area contributed by atoms with Gasteiger partial charge in [-0.2, -0.15) is 0 Å². The molecular formula is C4H6Br2O2S. The molecular weight excluding hydrogens is 272 g/mol. The van der Waals surface area contributed by atoms with E-state index in [1.165, 1.54) is 0 Å². The van der Waals surface area contributed by atoms with Crippen LogP contribution in [0.3, 0.4) is 0 Å². The highest BCUT2D eigenvalue weighted by Crippen LogP contribution is 2.62. The summed E-state index contributed by atoms with van der Waals surface area (Å²) in [4.78, 5) is 0. The Morgan fingerprint density at radius 3 is 2.00 bits per heavy atom. The SMILES string of the molecule is CC1(S(=O)O)CC1(Br)Br. The van der Waals surface area contributed by atoms with Gasteiger partial charge in [0.15, 0.2) is 11.1 Å². The van der Waals surface area contributed by atoms with Gasteiger partial charge < -0.3 is 4.55 Å². The molecule has 2 atom stereocenters. The zero-order valence-corrected chi connectivity index (χ0v) is 8.72. The minimum absolute atomic E-state index is 0.299. The third-order valence-electron chi connectivity index (χ3n) is 1.59. The van der Waals surface area contributed by atoms with Crippen LogP contribution in [0.4, 0.5) is 0 Å². The van der Waals surface area contributed by atoms with Gasteiger partial charge in [0, 0.05) is 0 Å². The van der Waals surface area contributed by atoms with E-state index >= 15 is 0 Å². The van der Waals surface area contributed by atoms with E-state index in [2.05, 4.69) is 31.9 Å². The molecule has 9 heavy (non-hydrogen) atoms. The van der Waals surface area contributed by atoms with Crippen LogP contribution in [0, 0.1) is 0 Å². The average Bonchev–Trinajstić information content (AvgIpc) is 2.08. The summed E-state index contributed by atoms with van der Waals surface area (Å²) < 4.78 is 18.5. The van der Waals surface area contributed by atoms with E-state index in [9.17, 15) is 4.21 Å². The van der Waals surface area contributed by atoms with Crippen molar-refractivity contribution in [1.82, 2.24) is 0 Å². The van der Waals surface area contributed by atoms with Gasteiger partial charge in [0.1, 0.15) is 3.23 Å². The summed E-state index contributed by atoms with van der Waals surface area (Å²) in [5, 5.41) is 0. The van der Waals surface area contributed by atoms with E-state index in [1.807, 2.05) is 0 Å².